The predicted molar refractivity (Wildman–Crippen MR) is 92.9 cm³/mol. The van der Waals surface area contributed by atoms with Crippen LogP contribution in [0.3, 0.4) is 0 Å². The monoisotopic (exact) mass is 333 g/mol. The molecule has 0 atom stereocenters. The molecule has 4 aromatic rings. The number of hydrogen-bond acceptors (Lipinski definition) is 3. The van der Waals surface area contributed by atoms with Crippen molar-refractivity contribution in [3.63, 3.8) is 0 Å². The summed E-state index contributed by atoms with van der Waals surface area (Å²) in [6.07, 6.45) is 1.74. The van der Waals surface area contributed by atoms with E-state index in [1.54, 1.807) is 12.3 Å². The molecule has 2 aromatic carbocycles. The van der Waals surface area contributed by atoms with Gasteiger partial charge in [-0.15, -0.1) is 0 Å². The second-order valence-electron chi connectivity index (χ2n) is 5.77. The molecular formula is C20H13F2N3. The highest BCUT2D eigenvalue weighted by molar-refractivity contribution is 5.79. The van der Waals surface area contributed by atoms with Crippen LogP contribution in [0.15, 0.2) is 60.8 Å². The van der Waals surface area contributed by atoms with Crippen molar-refractivity contribution in [3.8, 4) is 22.8 Å². The minimum absolute atomic E-state index is 0.387. The number of pyridine rings is 1. The first kappa shape index (κ1) is 15.3. The minimum atomic E-state index is -0.636. The van der Waals surface area contributed by atoms with E-state index in [0.29, 0.717) is 22.8 Å². The van der Waals surface area contributed by atoms with Crippen LogP contribution >= 0.6 is 0 Å². The van der Waals surface area contributed by atoms with Crippen LogP contribution in [-0.4, -0.2) is 15.0 Å². The Morgan fingerprint density at radius 2 is 1.60 bits per heavy atom. The summed E-state index contributed by atoms with van der Waals surface area (Å²) in [5.41, 5.74) is 3.07. The smallest absolute Gasteiger partial charge is 0.178 e. The van der Waals surface area contributed by atoms with Gasteiger partial charge in [-0.3, -0.25) is 0 Å². The van der Waals surface area contributed by atoms with E-state index in [4.69, 9.17) is 0 Å². The topological polar surface area (TPSA) is 38.7 Å². The molecular weight excluding hydrogens is 320 g/mol. The molecule has 3 nitrogen and oxygen atoms in total. The summed E-state index contributed by atoms with van der Waals surface area (Å²) in [6, 6.07) is 14.7. The molecule has 4 rings (SSSR count). The number of aromatic nitrogens is 3. The van der Waals surface area contributed by atoms with Crippen molar-refractivity contribution in [2.45, 2.75) is 6.92 Å². The summed E-state index contributed by atoms with van der Waals surface area (Å²) < 4.78 is 27.1. The minimum Gasteiger partial charge on any atom is -0.244 e. The van der Waals surface area contributed by atoms with Crippen molar-refractivity contribution < 1.29 is 8.78 Å². The quantitative estimate of drug-likeness (QED) is 0.521. The molecule has 0 aliphatic carbocycles. The second-order valence-corrected chi connectivity index (χ2v) is 5.77. The van der Waals surface area contributed by atoms with E-state index < -0.39 is 11.6 Å². The molecule has 2 aromatic heterocycles. The fraction of sp³-hybridized carbons (Fsp3) is 0.0500. The second kappa shape index (κ2) is 6.02. The first-order chi connectivity index (χ1) is 12.1. The van der Waals surface area contributed by atoms with Crippen molar-refractivity contribution in [2.24, 2.45) is 0 Å². The van der Waals surface area contributed by atoms with Gasteiger partial charge in [0, 0.05) is 23.2 Å². The maximum Gasteiger partial charge on any atom is 0.178 e. The number of nitrogens with zero attached hydrogens (tertiary/aromatic N) is 3. The van der Waals surface area contributed by atoms with Gasteiger partial charge in [-0.1, -0.05) is 24.3 Å². The van der Waals surface area contributed by atoms with Gasteiger partial charge in [0.25, 0.3) is 0 Å². The van der Waals surface area contributed by atoms with Crippen LogP contribution in [0.1, 0.15) is 5.56 Å². The molecule has 0 amide bonds. The zero-order chi connectivity index (χ0) is 17.4. The number of halogens is 2. The van der Waals surface area contributed by atoms with Gasteiger partial charge in [-0.25, -0.2) is 23.7 Å². The Bertz CT molecular complexity index is 1070. The van der Waals surface area contributed by atoms with Crippen LogP contribution in [-0.2, 0) is 0 Å². The molecule has 0 N–H and O–H groups in total. The van der Waals surface area contributed by atoms with Crippen LogP contribution in [0.4, 0.5) is 8.78 Å². The lowest BCUT2D eigenvalue weighted by molar-refractivity contribution is 0.584. The molecule has 5 heteroatoms. The number of fused-ring (bicyclic) bond motifs is 1. The number of rotatable bonds is 2. The van der Waals surface area contributed by atoms with Crippen molar-refractivity contribution in [1.82, 2.24) is 15.0 Å². The highest BCUT2D eigenvalue weighted by Gasteiger charge is 2.11. The molecule has 0 aliphatic rings. The highest BCUT2D eigenvalue weighted by Crippen LogP contribution is 2.26. The lowest BCUT2D eigenvalue weighted by atomic mass is 10.1. The third-order valence-corrected chi connectivity index (χ3v) is 3.95. The van der Waals surface area contributed by atoms with Gasteiger partial charge < -0.3 is 0 Å². The molecule has 0 bridgehead atoms. The molecule has 2 heterocycles. The van der Waals surface area contributed by atoms with Crippen molar-refractivity contribution in [2.75, 3.05) is 0 Å². The number of aryl methyl sites for hydroxylation is 1. The zero-order valence-corrected chi connectivity index (χ0v) is 13.4. The molecule has 0 saturated heterocycles. The van der Waals surface area contributed by atoms with E-state index in [-0.39, 0.29) is 0 Å². The zero-order valence-electron chi connectivity index (χ0n) is 13.4. The largest absolute Gasteiger partial charge is 0.244 e. The lowest BCUT2D eigenvalue weighted by Crippen LogP contribution is -1.96. The third-order valence-electron chi connectivity index (χ3n) is 3.95. The fourth-order valence-corrected chi connectivity index (χ4v) is 2.73. The van der Waals surface area contributed by atoms with Gasteiger partial charge in [0.1, 0.15) is 17.3 Å². The van der Waals surface area contributed by atoms with Crippen LogP contribution in [0, 0.1) is 18.6 Å². The molecule has 25 heavy (non-hydrogen) atoms. The third kappa shape index (κ3) is 2.96. The SMILES string of the molecule is Cc1ccc(-c2ncc3ccccc3n2)nc1-c1cc(F)cc(F)c1. The van der Waals surface area contributed by atoms with Gasteiger partial charge in [-0.05, 0) is 36.8 Å². The number of benzene rings is 2. The highest BCUT2D eigenvalue weighted by atomic mass is 19.1. The number of para-hydroxylation sites is 1. The normalized spacial score (nSPS) is 11.0. The Balaban J connectivity index is 1.85. The Kier molecular flexibility index (Phi) is 3.69. The van der Waals surface area contributed by atoms with Crippen molar-refractivity contribution in [3.05, 3.63) is 78.0 Å². The van der Waals surface area contributed by atoms with E-state index in [1.165, 1.54) is 12.1 Å². The fourth-order valence-electron chi connectivity index (χ4n) is 2.73. The van der Waals surface area contributed by atoms with Crippen LogP contribution < -0.4 is 0 Å². The van der Waals surface area contributed by atoms with Crippen LogP contribution in [0.5, 0.6) is 0 Å². The maximum atomic E-state index is 13.6. The molecule has 0 unspecified atom stereocenters. The van der Waals surface area contributed by atoms with E-state index >= 15 is 0 Å². The molecule has 0 radical (unpaired) electrons. The van der Waals surface area contributed by atoms with Crippen LogP contribution in [0.25, 0.3) is 33.7 Å². The molecule has 0 aliphatic heterocycles. The summed E-state index contributed by atoms with van der Waals surface area (Å²) in [5.74, 6) is -0.802. The molecule has 0 saturated carbocycles. The van der Waals surface area contributed by atoms with E-state index in [1.807, 2.05) is 37.3 Å². The van der Waals surface area contributed by atoms with Gasteiger partial charge in [0.15, 0.2) is 5.82 Å². The Labute approximate surface area is 143 Å². The van der Waals surface area contributed by atoms with E-state index in [9.17, 15) is 8.78 Å². The summed E-state index contributed by atoms with van der Waals surface area (Å²) in [6.45, 7) is 1.84. The summed E-state index contributed by atoms with van der Waals surface area (Å²) in [5, 5.41) is 0.936. The standard InChI is InChI=1S/C20H13F2N3/c1-12-6-7-18(20-23-11-13-4-2-3-5-17(13)25-20)24-19(12)14-8-15(21)10-16(22)9-14/h2-11H,1H3. The Morgan fingerprint density at radius 1 is 0.840 bits per heavy atom. The lowest BCUT2D eigenvalue weighted by Gasteiger charge is -2.08. The Morgan fingerprint density at radius 3 is 2.40 bits per heavy atom. The summed E-state index contributed by atoms with van der Waals surface area (Å²) >= 11 is 0. The molecule has 0 spiro atoms. The first-order valence-electron chi connectivity index (χ1n) is 7.76. The van der Waals surface area contributed by atoms with Gasteiger partial charge in [0.05, 0.1) is 11.2 Å². The summed E-state index contributed by atoms with van der Waals surface area (Å²) in [4.78, 5) is 13.4. The first-order valence-corrected chi connectivity index (χ1v) is 7.76. The number of hydrogen-bond donors (Lipinski definition) is 0. The molecule has 122 valence electrons. The van der Waals surface area contributed by atoms with Crippen LogP contribution in [0.2, 0.25) is 0 Å². The van der Waals surface area contributed by atoms with E-state index in [2.05, 4.69) is 15.0 Å². The van der Waals surface area contributed by atoms with Crippen molar-refractivity contribution in [1.29, 1.82) is 0 Å². The Hall–Kier alpha value is -3.21. The molecule has 0 fully saturated rings. The van der Waals surface area contributed by atoms with Gasteiger partial charge in [0.2, 0.25) is 0 Å². The predicted octanol–water partition coefficient (Wildman–Crippen LogP) is 4.95. The van der Waals surface area contributed by atoms with Crippen molar-refractivity contribution >= 4 is 10.9 Å². The average molecular weight is 333 g/mol. The van der Waals surface area contributed by atoms with Gasteiger partial charge >= 0.3 is 0 Å². The average Bonchev–Trinajstić information content (AvgIpc) is 2.61. The summed E-state index contributed by atoms with van der Waals surface area (Å²) in [7, 11) is 0. The van der Waals surface area contributed by atoms with E-state index in [0.717, 1.165) is 22.5 Å². The van der Waals surface area contributed by atoms with Gasteiger partial charge in [-0.2, -0.15) is 0 Å². The maximum absolute atomic E-state index is 13.6.